The smallest absolute Gasteiger partial charge is 0.249 e. The van der Waals surface area contributed by atoms with Crippen molar-refractivity contribution in [2.45, 2.75) is 57.1 Å². The third-order valence-corrected chi connectivity index (χ3v) is 4.61. The highest BCUT2D eigenvalue weighted by molar-refractivity contribution is 6.18. The van der Waals surface area contributed by atoms with E-state index >= 15 is 0 Å². The van der Waals surface area contributed by atoms with E-state index in [0.29, 0.717) is 18.4 Å². The lowest BCUT2D eigenvalue weighted by Gasteiger charge is -2.37. The van der Waals surface area contributed by atoms with E-state index in [4.69, 9.17) is 16.3 Å². The molecular weight excluding hydrogens is 238 g/mol. The summed E-state index contributed by atoms with van der Waals surface area (Å²) in [6, 6.07) is 0. The molecule has 2 unspecified atom stereocenters. The van der Waals surface area contributed by atoms with Gasteiger partial charge >= 0.3 is 0 Å². The molecule has 0 aromatic heterocycles. The normalized spacial score (nSPS) is 32.4. The van der Waals surface area contributed by atoms with Crippen molar-refractivity contribution in [3.8, 4) is 0 Å². The fourth-order valence-electron chi connectivity index (χ4n) is 2.88. The third kappa shape index (κ3) is 2.94. The molecule has 0 aromatic carbocycles. The molecule has 1 N–H and O–H groups in total. The maximum Gasteiger partial charge on any atom is 0.249 e. The molecule has 2 fully saturated rings. The zero-order valence-corrected chi connectivity index (χ0v) is 11.3. The highest BCUT2D eigenvalue weighted by Gasteiger charge is 2.38. The van der Waals surface area contributed by atoms with Crippen LogP contribution in [0.4, 0.5) is 0 Å². The molecule has 0 bridgehead atoms. The second-order valence-electron chi connectivity index (χ2n) is 5.52. The molecule has 98 valence electrons. The quantitative estimate of drug-likeness (QED) is 0.791. The summed E-state index contributed by atoms with van der Waals surface area (Å²) >= 11 is 6.07. The Morgan fingerprint density at radius 1 is 1.41 bits per heavy atom. The van der Waals surface area contributed by atoms with Gasteiger partial charge < -0.3 is 10.1 Å². The van der Waals surface area contributed by atoms with E-state index in [-0.39, 0.29) is 17.6 Å². The van der Waals surface area contributed by atoms with Gasteiger partial charge in [-0.15, -0.1) is 11.6 Å². The first kappa shape index (κ1) is 13.2. The van der Waals surface area contributed by atoms with E-state index in [0.717, 1.165) is 32.1 Å². The summed E-state index contributed by atoms with van der Waals surface area (Å²) < 4.78 is 5.50. The van der Waals surface area contributed by atoms with Crippen molar-refractivity contribution in [1.29, 1.82) is 0 Å². The Balaban J connectivity index is 1.95. The minimum atomic E-state index is -0.267. The van der Waals surface area contributed by atoms with Gasteiger partial charge in [-0.25, -0.2) is 0 Å². The van der Waals surface area contributed by atoms with Gasteiger partial charge in [0.1, 0.15) is 6.10 Å². The van der Waals surface area contributed by atoms with Crippen molar-refractivity contribution in [1.82, 2.24) is 5.32 Å². The Bertz CT molecular complexity index is 277. The lowest BCUT2D eigenvalue weighted by molar-refractivity contribution is -0.133. The lowest BCUT2D eigenvalue weighted by Crippen LogP contribution is -2.54. The number of halogens is 1. The molecule has 2 rings (SSSR count). The van der Waals surface area contributed by atoms with Crippen LogP contribution in [0.3, 0.4) is 0 Å². The first-order valence-electron chi connectivity index (χ1n) is 6.66. The van der Waals surface area contributed by atoms with E-state index in [1.54, 1.807) is 0 Å². The Morgan fingerprint density at radius 2 is 2.12 bits per heavy atom. The van der Waals surface area contributed by atoms with Gasteiger partial charge in [0.05, 0.1) is 5.54 Å². The molecule has 2 atom stereocenters. The zero-order valence-electron chi connectivity index (χ0n) is 10.5. The number of rotatable bonds is 3. The number of hydrogen-bond donors (Lipinski definition) is 1. The fourth-order valence-corrected chi connectivity index (χ4v) is 3.22. The molecule has 1 aliphatic carbocycles. The molecule has 4 heteroatoms. The summed E-state index contributed by atoms with van der Waals surface area (Å²) in [5.41, 5.74) is -0.178. The number of alkyl halides is 1. The van der Waals surface area contributed by atoms with Crippen molar-refractivity contribution in [3.63, 3.8) is 0 Å². The molecule has 1 saturated carbocycles. The molecule has 1 amide bonds. The second-order valence-corrected chi connectivity index (χ2v) is 5.79. The van der Waals surface area contributed by atoms with Gasteiger partial charge in [-0.3, -0.25) is 4.79 Å². The van der Waals surface area contributed by atoms with Crippen LogP contribution in [0.15, 0.2) is 0 Å². The van der Waals surface area contributed by atoms with Gasteiger partial charge in [-0.2, -0.15) is 0 Å². The maximum absolute atomic E-state index is 12.2. The van der Waals surface area contributed by atoms with E-state index in [1.165, 1.54) is 6.42 Å². The maximum atomic E-state index is 12.2. The van der Waals surface area contributed by atoms with E-state index in [9.17, 15) is 4.79 Å². The van der Waals surface area contributed by atoms with Gasteiger partial charge in [0.15, 0.2) is 0 Å². The van der Waals surface area contributed by atoms with E-state index < -0.39 is 0 Å². The standard InChI is InChI=1S/C13H22ClNO2/c1-10-5-8-17-11(10)12(16)15-13(9-14)6-3-2-4-7-13/h10-11H,2-9H2,1H3,(H,15,16). The average Bonchev–Trinajstić information content (AvgIpc) is 2.77. The molecule has 0 radical (unpaired) electrons. The van der Waals surface area contributed by atoms with Crippen LogP contribution in [0.2, 0.25) is 0 Å². The molecule has 1 aliphatic heterocycles. The number of nitrogens with one attached hydrogen (secondary N) is 1. The summed E-state index contributed by atoms with van der Waals surface area (Å²) in [5.74, 6) is 0.878. The summed E-state index contributed by atoms with van der Waals surface area (Å²) in [6.45, 7) is 2.78. The number of carbonyl (C=O) groups excluding carboxylic acids is 1. The molecule has 1 heterocycles. The van der Waals surface area contributed by atoms with Crippen LogP contribution in [0.1, 0.15) is 45.4 Å². The zero-order chi connectivity index (χ0) is 12.3. The number of amides is 1. The Labute approximate surface area is 108 Å². The van der Waals surface area contributed by atoms with Gasteiger partial charge in [0, 0.05) is 12.5 Å². The number of hydrogen-bond acceptors (Lipinski definition) is 2. The molecule has 17 heavy (non-hydrogen) atoms. The predicted octanol–water partition coefficient (Wildman–Crippen LogP) is 2.47. The van der Waals surface area contributed by atoms with Gasteiger partial charge in [0.2, 0.25) is 5.91 Å². The second kappa shape index (κ2) is 5.57. The van der Waals surface area contributed by atoms with Crippen LogP contribution < -0.4 is 5.32 Å². The van der Waals surface area contributed by atoms with Crippen LogP contribution in [-0.4, -0.2) is 30.0 Å². The summed E-state index contributed by atoms with van der Waals surface area (Å²) in [7, 11) is 0. The van der Waals surface area contributed by atoms with Crippen LogP contribution >= 0.6 is 11.6 Å². The molecule has 0 spiro atoms. The SMILES string of the molecule is CC1CCOC1C(=O)NC1(CCl)CCCCC1. The van der Waals surface area contributed by atoms with E-state index in [1.807, 2.05) is 0 Å². The largest absolute Gasteiger partial charge is 0.368 e. The molecule has 1 saturated heterocycles. The highest BCUT2D eigenvalue weighted by Crippen LogP contribution is 2.30. The molecule has 2 aliphatic rings. The third-order valence-electron chi connectivity index (χ3n) is 4.10. The molecule has 0 aromatic rings. The minimum absolute atomic E-state index is 0.0394. The first-order valence-corrected chi connectivity index (χ1v) is 7.20. The predicted molar refractivity (Wildman–Crippen MR) is 68.2 cm³/mol. The minimum Gasteiger partial charge on any atom is -0.368 e. The van der Waals surface area contributed by atoms with Crippen LogP contribution in [0, 0.1) is 5.92 Å². The van der Waals surface area contributed by atoms with Crippen molar-refractivity contribution >= 4 is 17.5 Å². The summed E-state index contributed by atoms with van der Waals surface area (Å²) in [6.07, 6.45) is 6.29. The number of carbonyl (C=O) groups is 1. The molecular formula is C13H22ClNO2. The first-order chi connectivity index (χ1) is 8.17. The van der Waals surface area contributed by atoms with Crippen LogP contribution in [0.5, 0.6) is 0 Å². The number of ether oxygens (including phenoxy) is 1. The Hall–Kier alpha value is -0.280. The average molecular weight is 260 g/mol. The van der Waals surface area contributed by atoms with Crippen molar-refractivity contribution in [2.24, 2.45) is 5.92 Å². The van der Waals surface area contributed by atoms with Crippen molar-refractivity contribution < 1.29 is 9.53 Å². The topological polar surface area (TPSA) is 38.3 Å². The van der Waals surface area contributed by atoms with E-state index in [2.05, 4.69) is 12.2 Å². The van der Waals surface area contributed by atoms with Gasteiger partial charge in [0.25, 0.3) is 0 Å². The summed E-state index contributed by atoms with van der Waals surface area (Å²) in [5, 5.41) is 3.16. The summed E-state index contributed by atoms with van der Waals surface area (Å²) in [4.78, 5) is 12.2. The Kier molecular flexibility index (Phi) is 4.31. The molecule has 3 nitrogen and oxygen atoms in total. The van der Waals surface area contributed by atoms with Gasteiger partial charge in [-0.1, -0.05) is 26.2 Å². The lowest BCUT2D eigenvalue weighted by atomic mass is 9.83. The van der Waals surface area contributed by atoms with Crippen LogP contribution in [-0.2, 0) is 9.53 Å². The Morgan fingerprint density at radius 3 is 2.65 bits per heavy atom. The fraction of sp³-hybridized carbons (Fsp3) is 0.923. The van der Waals surface area contributed by atoms with Crippen LogP contribution in [0.25, 0.3) is 0 Å². The monoisotopic (exact) mass is 259 g/mol. The van der Waals surface area contributed by atoms with Crippen molar-refractivity contribution in [2.75, 3.05) is 12.5 Å². The van der Waals surface area contributed by atoms with Gasteiger partial charge in [-0.05, 0) is 25.2 Å². The van der Waals surface area contributed by atoms with Crippen molar-refractivity contribution in [3.05, 3.63) is 0 Å². The highest BCUT2D eigenvalue weighted by atomic mass is 35.5.